The van der Waals surface area contributed by atoms with E-state index in [1.165, 1.54) is 6.21 Å². The molecule has 24 heavy (non-hydrogen) atoms. The van der Waals surface area contributed by atoms with Crippen LogP contribution in [0.3, 0.4) is 0 Å². The fourth-order valence-electron chi connectivity index (χ4n) is 2.04. The topological polar surface area (TPSA) is 84.2 Å². The van der Waals surface area contributed by atoms with Crippen molar-refractivity contribution in [1.29, 1.82) is 0 Å². The Kier molecular flexibility index (Phi) is 5.06. The summed E-state index contributed by atoms with van der Waals surface area (Å²) in [7, 11) is 0. The number of hydrogen-bond donors (Lipinski definition) is 2. The fraction of sp³-hybridized carbons (Fsp3) is 0.0588. The van der Waals surface area contributed by atoms with Gasteiger partial charge in [-0.25, -0.2) is 10.1 Å². The maximum atomic E-state index is 11.8. The van der Waals surface area contributed by atoms with Crippen LogP contribution in [0.4, 0.5) is 5.69 Å². The third-order valence-corrected chi connectivity index (χ3v) is 3.18. The van der Waals surface area contributed by atoms with E-state index in [-0.39, 0.29) is 5.91 Å². The minimum absolute atomic E-state index is 0.325. The second-order valence-corrected chi connectivity index (χ2v) is 4.93. The normalized spacial score (nSPS) is 10.8. The Bertz CT molecular complexity index is 814. The molecule has 0 aliphatic heterocycles. The van der Waals surface area contributed by atoms with E-state index in [1.807, 2.05) is 48.7 Å². The third-order valence-electron chi connectivity index (χ3n) is 3.18. The summed E-state index contributed by atoms with van der Waals surface area (Å²) in [6, 6.07) is 13.0. The summed E-state index contributed by atoms with van der Waals surface area (Å²) < 4.78 is 1.73. The van der Waals surface area contributed by atoms with Crippen LogP contribution in [0, 0.1) is 0 Å². The van der Waals surface area contributed by atoms with E-state index in [0.717, 1.165) is 11.3 Å². The zero-order valence-corrected chi connectivity index (χ0v) is 12.8. The molecule has 7 nitrogen and oxygen atoms in total. The van der Waals surface area contributed by atoms with Crippen molar-refractivity contribution in [2.24, 2.45) is 4.99 Å². The van der Waals surface area contributed by atoms with Crippen molar-refractivity contribution in [3.63, 3.8) is 0 Å². The van der Waals surface area contributed by atoms with Crippen molar-refractivity contribution in [2.75, 3.05) is 0 Å². The van der Waals surface area contributed by atoms with Crippen molar-refractivity contribution >= 4 is 17.8 Å². The lowest BCUT2D eigenvalue weighted by atomic mass is 10.3. The van der Waals surface area contributed by atoms with Crippen LogP contribution in [-0.2, 0) is 11.3 Å². The predicted molar refractivity (Wildman–Crippen MR) is 90.9 cm³/mol. The van der Waals surface area contributed by atoms with Gasteiger partial charge in [0.2, 0.25) is 0 Å². The van der Waals surface area contributed by atoms with Gasteiger partial charge in [0, 0.05) is 31.3 Å². The predicted octanol–water partition coefficient (Wildman–Crippen LogP) is 1.79. The van der Waals surface area contributed by atoms with Crippen LogP contribution < -0.4 is 10.9 Å². The number of aliphatic imine (C=N–C) groups is 1. The standard InChI is InChI=1S/C17H16N6O/c24-17(22-20-12-14-5-8-18-9-6-14)13-19-15-3-1-4-16(11-15)23-10-2-7-21-23/h1-11,13,20H,12H2,(H,22,24). The first kappa shape index (κ1) is 15.6. The molecule has 0 radical (unpaired) electrons. The van der Waals surface area contributed by atoms with Gasteiger partial charge in [-0.15, -0.1) is 0 Å². The fourth-order valence-corrected chi connectivity index (χ4v) is 2.04. The van der Waals surface area contributed by atoms with Gasteiger partial charge in [-0.3, -0.25) is 20.2 Å². The van der Waals surface area contributed by atoms with Gasteiger partial charge in [0.1, 0.15) is 0 Å². The van der Waals surface area contributed by atoms with E-state index in [2.05, 4.69) is 25.9 Å². The molecule has 0 aliphatic rings. The first-order valence-electron chi connectivity index (χ1n) is 7.37. The second kappa shape index (κ2) is 7.80. The molecular weight excluding hydrogens is 304 g/mol. The molecule has 1 amide bonds. The highest BCUT2D eigenvalue weighted by molar-refractivity contribution is 6.26. The first-order chi connectivity index (χ1) is 11.8. The molecule has 0 fully saturated rings. The van der Waals surface area contributed by atoms with Gasteiger partial charge < -0.3 is 0 Å². The molecule has 120 valence electrons. The highest BCUT2D eigenvalue weighted by Gasteiger charge is 1.99. The summed E-state index contributed by atoms with van der Waals surface area (Å²) in [5.74, 6) is -0.325. The van der Waals surface area contributed by atoms with Crippen LogP contribution in [0.2, 0.25) is 0 Å². The number of amides is 1. The van der Waals surface area contributed by atoms with Gasteiger partial charge >= 0.3 is 0 Å². The maximum absolute atomic E-state index is 11.8. The van der Waals surface area contributed by atoms with Crippen LogP contribution >= 0.6 is 0 Å². The summed E-state index contributed by atoms with van der Waals surface area (Å²) in [6.07, 6.45) is 8.19. The molecule has 0 bridgehead atoms. The second-order valence-electron chi connectivity index (χ2n) is 4.93. The van der Waals surface area contributed by atoms with Gasteiger partial charge in [-0.2, -0.15) is 5.10 Å². The lowest BCUT2D eigenvalue weighted by molar-refractivity contribution is -0.115. The van der Waals surface area contributed by atoms with Gasteiger partial charge in [0.15, 0.2) is 0 Å². The Balaban J connectivity index is 1.53. The first-order valence-corrected chi connectivity index (χ1v) is 7.37. The molecule has 2 heterocycles. The van der Waals surface area contributed by atoms with E-state index < -0.39 is 0 Å². The van der Waals surface area contributed by atoms with Crippen LogP contribution in [0.5, 0.6) is 0 Å². The lowest BCUT2D eigenvalue weighted by Gasteiger charge is -2.04. The molecule has 7 heteroatoms. The summed E-state index contributed by atoms with van der Waals surface area (Å²) >= 11 is 0. The number of carbonyl (C=O) groups is 1. The number of hydrazine groups is 1. The van der Waals surface area contributed by atoms with E-state index in [1.54, 1.807) is 23.3 Å². The Morgan fingerprint density at radius 1 is 1.17 bits per heavy atom. The largest absolute Gasteiger partial charge is 0.286 e. The maximum Gasteiger partial charge on any atom is 0.276 e. The molecule has 2 aromatic heterocycles. The zero-order valence-electron chi connectivity index (χ0n) is 12.8. The van der Waals surface area contributed by atoms with Crippen molar-refractivity contribution in [3.05, 3.63) is 72.8 Å². The Morgan fingerprint density at radius 3 is 2.83 bits per heavy atom. The summed E-state index contributed by atoms with van der Waals surface area (Å²) in [6.45, 7) is 0.511. The average molecular weight is 320 g/mol. The highest BCUT2D eigenvalue weighted by Crippen LogP contribution is 2.16. The van der Waals surface area contributed by atoms with Gasteiger partial charge in [-0.1, -0.05) is 6.07 Å². The van der Waals surface area contributed by atoms with E-state index >= 15 is 0 Å². The van der Waals surface area contributed by atoms with Gasteiger partial charge in [0.05, 0.1) is 17.6 Å². The van der Waals surface area contributed by atoms with Crippen LogP contribution in [0.15, 0.2) is 72.2 Å². The van der Waals surface area contributed by atoms with Gasteiger partial charge in [-0.05, 0) is 42.0 Å². The van der Waals surface area contributed by atoms with Crippen molar-refractivity contribution in [3.8, 4) is 5.69 Å². The number of hydrogen-bond acceptors (Lipinski definition) is 5. The van der Waals surface area contributed by atoms with Crippen molar-refractivity contribution in [2.45, 2.75) is 6.54 Å². The zero-order chi connectivity index (χ0) is 16.6. The molecule has 0 spiro atoms. The Morgan fingerprint density at radius 2 is 2.04 bits per heavy atom. The SMILES string of the molecule is O=C(C=Nc1cccc(-n2cccn2)c1)NNCc1ccncc1. The number of carbonyl (C=O) groups excluding carboxylic acids is 1. The molecule has 3 rings (SSSR count). The Hall–Kier alpha value is -3.32. The molecule has 3 aromatic rings. The molecule has 0 saturated heterocycles. The lowest BCUT2D eigenvalue weighted by Crippen LogP contribution is -2.37. The minimum Gasteiger partial charge on any atom is -0.286 e. The van der Waals surface area contributed by atoms with Crippen LogP contribution in [-0.4, -0.2) is 26.9 Å². The van der Waals surface area contributed by atoms with Crippen LogP contribution in [0.25, 0.3) is 5.69 Å². The van der Waals surface area contributed by atoms with Crippen LogP contribution in [0.1, 0.15) is 5.56 Å². The number of rotatable bonds is 6. The number of aromatic nitrogens is 3. The smallest absolute Gasteiger partial charge is 0.276 e. The molecule has 0 atom stereocenters. The third kappa shape index (κ3) is 4.34. The number of benzene rings is 1. The van der Waals surface area contributed by atoms with E-state index in [4.69, 9.17) is 0 Å². The molecule has 2 N–H and O–H groups in total. The molecular formula is C17H16N6O. The number of nitrogens with zero attached hydrogens (tertiary/aromatic N) is 4. The number of nitrogens with one attached hydrogen (secondary N) is 2. The molecule has 0 aliphatic carbocycles. The average Bonchev–Trinajstić information content (AvgIpc) is 3.16. The highest BCUT2D eigenvalue weighted by atomic mass is 16.2. The van der Waals surface area contributed by atoms with E-state index in [0.29, 0.717) is 12.2 Å². The molecule has 0 unspecified atom stereocenters. The minimum atomic E-state index is -0.325. The molecule has 1 aromatic carbocycles. The summed E-state index contributed by atoms with van der Waals surface area (Å²) in [5, 5.41) is 4.16. The monoisotopic (exact) mass is 320 g/mol. The van der Waals surface area contributed by atoms with Gasteiger partial charge in [0.25, 0.3) is 5.91 Å². The Labute approximate surface area is 139 Å². The van der Waals surface area contributed by atoms with Crippen molar-refractivity contribution in [1.82, 2.24) is 25.6 Å². The summed E-state index contributed by atoms with van der Waals surface area (Å²) in [5.41, 5.74) is 7.98. The summed E-state index contributed by atoms with van der Waals surface area (Å²) in [4.78, 5) is 19.9. The number of pyridine rings is 1. The van der Waals surface area contributed by atoms with Crippen molar-refractivity contribution < 1.29 is 4.79 Å². The molecule has 0 saturated carbocycles. The quantitative estimate of drug-likeness (QED) is 0.536. The van der Waals surface area contributed by atoms with E-state index in [9.17, 15) is 4.79 Å².